The molecule has 82 heavy (non-hydrogen) atoms. The van der Waals surface area contributed by atoms with Crippen LogP contribution in [0.2, 0.25) is 10.6 Å². The van der Waals surface area contributed by atoms with E-state index in [0.29, 0.717) is 127 Å². The van der Waals surface area contributed by atoms with Crippen LogP contribution in [0.5, 0.6) is 17.2 Å². The van der Waals surface area contributed by atoms with E-state index in [9.17, 15) is 24.0 Å². The molecule has 0 aliphatic carbocycles. The topological polar surface area (TPSA) is 291 Å². The van der Waals surface area contributed by atoms with E-state index in [1.165, 1.54) is 24.0 Å². The normalized spacial score (nSPS) is 12.4. The lowest BCUT2D eigenvalue weighted by Gasteiger charge is -2.35. The number of nitrogens with zero attached hydrogens (tertiary/aromatic N) is 10. The summed E-state index contributed by atoms with van der Waals surface area (Å²) in [6.45, 7) is 16.4. The second kappa shape index (κ2) is 30.2. The minimum absolute atomic E-state index is 0.0784. The average molecular weight is 1170 g/mol. The number of carbonyl (C=O) groups is 5. The molecule has 0 unspecified atom stereocenters. The molecule has 26 nitrogen and oxygen atoms in total. The summed E-state index contributed by atoms with van der Waals surface area (Å²) in [6, 6.07) is 14.4. The number of hydroxylamine groups is 3. The number of nitrogens with one attached hydrogen (secondary N) is 5. The Hall–Kier alpha value is -8.69. The van der Waals surface area contributed by atoms with Crippen molar-refractivity contribution in [2.45, 2.75) is 68.1 Å². The summed E-state index contributed by atoms with van der Waals surface area (Å²) < 4.78 is 15.9. The van der Waals surface area contributed by atoms with Crippen LogP contribution < -0.4 is 60.9 Å². The van der Waals surface area contributed by atoms with E-state index in [-0.39, 0.29) is 35.1 Å². The number of benzene rings is 3. The van der Waals surface area contributed by atoms with Crippen LogP contribution in [-0.4, -0.2) is 120 Å². The van der Waals surface area contributed by atoms with Crippen molar-refractivity contribution in [3.63, 3.8) is 0 Å². The third-order valence-corrected chi connectivity index (χ3v) is 12.3. The highest BCUT2D eigenvalue weighted by Crippen LogP contribution is 2.35. The molecule has 2 aliphatic rings. The third-order valence-electron chi connectivity index (χ3n) is 11.9. The molecule has 3 aromatic carbocycles. The average Bonchev–Trinajstić information content (AvgIpc) is 3.68. The van der Waals surface area contributed by atoms with Crippen molar-refractivity contribution in [1.82, 2.24) is 46.3 Å². The van der Waals surface area contributed by atoms with E-state index in [2.05, 4.69) is 57.0 Å². The van der Waals surface area contributed by atoms with Crippen molar-refractivity contribution in [3.8, 4) is 17.2 Å². The maximum absolute atomic E-state index is 13.1. The van der Waals surface area contributed by atoms with Crippen LogP contribution in [0.1, 0.15) is 95.1 Å². The van der Waals surface area contributed by atoms with Gasteiger partial charge >= 0.3 is 12.1 Å². The highest BCUT2D eigenvalue weighted by Gasteiger charge is 2.34. The molecule has 7 amide bonds. The highest BCUT2D eigenvalue weighted by molar-refractivity contribution is 6.28. The van der Waals surface area contributed by atoms with E-state index in [4.69, 9.17) is 51.9 Å². The van der Waals surface area contributed by atoms with Crippen LogP contribution in [-0.2, 0) is 34.1 Å². The number of rotatable bonds is 21. The minimum Gasteiger partial charge on any atom is -0.497 e. The Morgan fingerprint density at radius 2 is 0.988 bits per heavy atom. The summed E-state index contributed by atoms with van der Waals surface area (Å²) in [4.78, 5) is 109. The molecule has 2 aliphatic heterocycles. The summed E-state index contributed by atoms with van der Waals surface area (Å²) >= 11 is 11.7. The van der Waals surface area contributed by atoms with Gasteiger partial charge in [-0.05, 0) is 108 Å². The maximum atomic E-state index is 13.1. The molecule has 436 valence electrons. The quantitative estimate of drug-likeness (QED) is 0.0336. The Kier molecular flexibility index (Phi) is 23.0. The number of fused-ring (bicyclic) bond motifs is 2. The Morgan fingerprint density at radius 3 is 1.45 bits per heavy atom. The van der Waals surface area contributed by atoms with Gasteiger partial charge in [-0.3, -0.25) is 48.5 Å². The summed E-state index contributed by atoms with van der Waals surface area (Å²) in [5.41, 5.74) is 12.3. The standard InChI is InChI=1S/C19H23N5O4.C18H20ClN5O4.C17H22ClN5O3/c1-5-23-17-14(10-20-12(3)21-17)11-24(19(23)26)15-7-13(8-16(9-15)27-4)18(25)22-28-6-2;1-4-23-15-12(9-20-17(19)21-15)10-24(18(23)26)13-6-11(7-14(8-13)27-3)16(25)22-28-5-2;1-4-19-15-12(10-21-17(18)22-15)9-20-13-6-11(7-14(8-13)25-3)16(24)23-26-5-2/h7-10H,5-6,11H2,1-4H3,(H,22,25);6-9H,4-5,10H2,1-3H3,(H,22,25);6-8,10,20H,4-5,9H2,1-3H3,(H,23,24)(H,19,21,22). The number of halogens is 2. The minimum atomic E-state index is -0.436. The fourth-order valence-electron chi connectivity index (χ4n) is 8.02. The van der Waals surface area contributed by atoms with Crippen LogP contribution >= 0.6 is 23.2 Å². The Bertz CT molecular complexity index is 3090. The van der Waals surface area contributed by atoms with E-state index in [1.54, 1.807) is 118 Å². The molecule has 8 rings (SSSR count). The van der Waals surface area contributed by atoms with Gasteiger partial charge in [0.15, 0.2) is 0 Å². The maximum Gasteiger partial charge on any atom is 0.330 e. The fraction of sp³-hybridized carbons (Fsp3) is 0.352. The fourth-order valence-corrected chi connectivity index (χ4v) is 8.28. The van der Waals surface area contributed by atoms with Crippen LogP contribution in [0.15, 0.2) is 73.2 Å². The van der Waals surface area contributed by atoms with Crippen molar-refractivity contribution in [3.05, 3.63) is 123 Å². The number of hydrogen-bond donors (Lipinski definition) is 5. The van der Waals surface area contributed by atoms with Gasteiger partial charge in [0.2, 0.25) is 10.6 Å². The summed E-state index contributed by atoms with van der Waals surface area (Å²) in [6.07, 6.45) is 4.97. The zero-order valence-electron chi connectivity index (χ0n) is 47.0. The molecule has 5 heterocycles. The molecular weight excluding hydrogens is 1110 g/mol. The molecule has 0 saturated heterocycles. The zero-order valence-corrected chi connectivity index (χ0v) is 48.5. The predicted octanol–water partition coefficient (Wildman–Crippen LogP) is 8.09. The Labute approximate surface area is 484 Å². The van der Waals surface area contributed by atoms with Gasteiger partial charge in [-0.2, -0.15) is 4.98 Å². The van der Waals surface area contributed by atoms with E-state index in [0.717, 1.165) is 16.7 Å². The summed E-state index contributed by atoms with van der Waals surface area (Å²) in [5.74, 6) is 2.62. The number of aryl methyl sites for hydroxylation is 1. The van der Waals surface area contributed by atoms with Crippen LogP contribution in [0, 0.1) is 6.92 Å². The van der Waals surface area contributed by atoms with E-state index in [1.807, 2.05) is 20.8 Å². The van der Waals surface area contributed by atoms with Gasteiger partial charge in [0, 0.05) is 102 Å². The smallest absolute Gasteiger partial charge is 0.330 e. The SMILES string of the molecule is CCNc1nc(Cl)ncc1CNc1cc(OC)cc(C(=O)NOCC)c1.CCONC(=O)c1cc(OC)cc(N2Cc3cnc(C)nc3N(CC)C2=O)c1.CCONC(=O)c1cc(OC)cc(N2Cc3cnc(Cl)nc3N(CC)C2=O)c1. The van der Waals surface area contributed by atoms with Crippen LogP contribution in [0.4, 0.5) is 44.1 Å². The van der Waals surface area contributed by atoms with Gasteiger partial charge in [0.1, 0.15) is 40.5 Å². The molecular formula is C54H65Cl2N15O11. The zero-order chi connectivity index (χ0) is 59.5. The van der Waals surface area contributed by atoms with Gasteiger partial charge in [-0.15, -0.1) is 0 Å². The molecule has 28 heteroatoms. The lowest BCUT2D eigenvalue weighted by atomic mass is 10.1. The first-order valence-electron chi connectivity index (χ1n) is 25.9. The van der Waals surface area contributed by atoms with Gasteiger partial charge in [-0.1, -0.05) is 0 Å². The molecule has 0 spiro atoms. The first kappa shape index (κ1) is 62.5. The second-order valence-electron chi connectivity index (χ2n) is 17.3. The molecule has 6 aromatic rings. The number of aromatic nitrogens is 6. The number of anilines is 6. The van der Waals surface area contributed by atoms with Crippen molar-refractivity contribution < 1.29 is 52.7 Å². The molecule has 0 saturated carbocycles. The monoisotopic (exact) mass is 1170 g/mol. The molecule has 0 fully saturated rings. The Morgan fingerprint density at radius 1 is 0.549 bits per heavy atom. The lowest BCUT2D eigenvalue weighted by Crippen LogP contribution is -2.48. The highest BCUT2D eigenvalue weighted by atomic mass is 35.5. The first-order chi connectivity index (χ1) is 39.5. The second-order valence-corrected chi connectivity index (χ2v) is 17.9. The van der Waals surface area contributed by atoms with Crippen molar-refractivity contribution in [2.24, 2.45) is 0 Å². The van der Waals surface area contributed by atoms with Gasteiger partial charge in [0.25, 0.3) is 17.7 Å². The largest absolute Gasteiger partial charge is 0.497 e. The molecule has 3 aromatic heterocycles. The van der Waals surface area contributed by atoms with Crippen LogP contribution in [0.25, 0.3) is 0 Å². The van der Waals surface area contributed by atoms with Crippen LogP contribution in [0.3, 0.4) is 0 Å². The molecule has 0 radical (unpaired) electrons. The molecule has 5 N–H and O–H groups in total. The first-order valence-corrected chi connectivity index (χ1v) is 26.6. The number of urea groups is 2. The Balaban J connectivity index is 0.000000198. The van der Waals surface area contributed by atoms with E-state index >= 15 is 0 Å². The van der Waals surface area contributed by atoms with E-state index < -0.39 is 11.8 Å². The summed E-state index contributed by atoms with van der Waals surface area (Å²) in [7, 11) is 4.54. The van der Waals surface area contributed by atoms with Crippen molar-refractivity contribution >= 4 is 87.5 Å². The third kappa shape index (κ3) is 16.0. The van der Waals surface area contributed by atoms with Crippen molar-refractivity contribution in [2.75, 3.05) is 91.0 Å². The number of amides is 7. The molecule has 0 bridgehead atoms. The number of methoxy groups -OCH3 is 3. The van der Waals surface area contributed by atoms with Crippen molar-refractivity contribution in [1.29, 1.82) is 0 Å². The summed E-state index contributed by atoms with van der Waals surface area (Å²) in [5, 5.41) is 6.65. The number of hydrogen-bond acceptors (Lipinski definition) is 19. The lowest BCUT2D eigenvalue weighted by molar-refractivity contribution is 0.0362. The number of carbonyl (C=O) groups excluding carboxylic acids is 5. The molecule has 0 atom stereocenters. The number of ether oxygens (including phenoxy) is 3. The predicted molar refractivity (Wildman–Crippen MR) is 308 cm³/mol. The van der Waals surface area contributed by atoms with Gasteiger partial charge in [-0.25, -0.2) is 50.9 Å². The van der Waals surface area contributed by atoms with Gasteiger partial charge in [0.05, 0.1) is 65.6 Å². The van der Waals surface area contributed by atoms with Gasteiger partial charge < -0.3 is 24.8 Å².